The van der Waals surface area contributed by atoms with Crippen LogP contribution in [0.15, 0.2) is 34.6 Å². The second kappa shape index (κ2) is 6.49. The summed E-state index contributed by atoms with van der Waals surface area (Å²) >= 11 is 5.41. The summed E-state index contributed by atoms with van der Waals surface area (Å²) in [7, 11) is -6.17. The zero-order chi connectivity index (χ0) is 17.4. The summed E-state index contributed by atoms with van der Waals surface area (Å²) in [6.45, 7) is 0.332. The lowest BCUT2D eigenvalue weighted by molar-refractivity contribution is 0.297. The fraction of sp³-hybridized carbons (Fsp3) is 0.500. The first-order valence-electron chi connectivity index (χ1n) is 7.44. The minimum Gasteiger partial charge on any atom is -0.467 e. The molecule has 132 valence electrons. The molecule has 10 heteroatoms. The van der Waals surface area contributed by atoms with Crippen molar-refractivity contribution in [3.8, 4) is 0 Å². The maximum atomic E-state index is 11.8. The van der Waals surface area contributed by atoms with Crippen LogP contribution in [0.3, 0.4) is 0 Å². The maximum Gasteiger partial charge on any atom is 0.173 e. The molecule has 0 aliphatic carbocycles. The van der Waals surface area contributed by atoms with E-state index in [1.807, 2.05) is 0 Å². The highest BCUT2D eigenvalue weighted by Gasteiger charge is 2.34. The van der Waals surface area contributed by atoms with Crippen molar-refractivity contribution in [3.05, 3.63) is 35.9 Å². The van der Waals surface area contributed by atoms with Gasteiger partial charge in [0.2, 0.25) is 0 Å². The molecule has 1 saturated heterocycles. The quantitative estimate of drug-likeness (QED) is 0.741. The fourth-order valence-corrected chi connectivity index (χ4v) is 6.15. The van der Waals surface area contributed by atoms with Crippen LogP contribution in [0.4, 0.5) is 0 Å². The molecular weight excluding hydrogens is 372 g/mol. The molecule has 3 rings (SSSR count). The van der Waals surface area contributed by atoms with E-state index >= 15 is 0 Å². The van der Waals surface area contributed by atoms with Crippen molar-refractivity contribution in [1.82, 2.24) is 10.2 Å². The molecule has 0 radical (unpaired) electrons. The number of thiocarbonyl (C=S) groups is 1. The van der Waals surface area contributed by atoms with Gasteiger partial charge in [-0.15, -0.1) is 0 Å². The van der Waals surface area contributed by atoms with Crippen molar-refractivity contribution in [2.45, 2.75) is 19.0 Å². The SMILES string of the molecule is O=S1(=O)CC=C(NC(=S)N(Cc2ccco2)C2CCS(=O)(=O)C2)C1. The summed E-state index contributed by atoms with van der Waals surface area (Å²) in [4.78, 5) is 1.77. The normalized spacial score (nSPS) is 24.5. The van der Waals surface area contributed by atoms with E-state index in [1.165, 1.54) is 0 Å². The van der Waals surface area contributed by atoms with Crippen LogP contribution in [0.2, 0.25) is 0 Å². The molecule has 3 heterocycles. The lowest BCUT2D eigenvalue weighted by Gasteiger charge is -2.30. The van der Waals surface area contributed by atoms with Gasteiger partial charge < -0.3 is 14.6 Å². The van der Waals surface area contributed by atoms with Crippen molar-refractivity contribution in [2.24, 2.45) is 0 Å². The van der Waals surface area contributed by atoms with E-state index in [1.54, 1.807) is 29.4 Å². The lowest BCUT2D eigenvalue weighted by Crippen LogP contribution is -2.46. The number of rotatable bonds is 4. The van der Waals surface area contributed by atoms with Crippen molar-refractivity contribution >= 4 is 37.0 Å². The van der Waals surface area contributed by atoms with Crippen LogP contribution in [0.1, 0.15) is 12.2 Å². The lowest BCUT2D eigenvalue weighted by atomic mass is 10.2. The molecule has 1 aromatic rings. The van der Waals surface area contributed by atoms with Gasteiger partial charge in [0.05, 0.1) is 35.8 Å². The molecule has 1 unspecified atom stereocenters. The first kappa shape index (κ1) is 17.4. The second-order valence-corrected chi connectivity index (χ2v) is 10.7. The Bertz CT molecular complexity index is 856. The number of furan rings is 1. The molecule has 2 aliphatic heterocycles. The van der Waals surface area contributed by atoms with Crippen LogP contribution in [-0.4, -0.2) is 55.9 Å². The van der Waals surface area contributed by atoms with E-state index in [2.05, 4.69) is 5.32 Å². The molecule has 0 bridgehead atoms. The summed E-state index contributed by atoms with van der Waals surface area (Å²) in [6, 6.07) is 3.29. The van der Waals surface area contributed by atoms with Crippen LogP contribution in [-0.2, 0) is 26.2 Å². The van der Waals surface area contributed by atoms with Crippen molar-refractivity contribution in [3.63, 3.8) is 0 Å². The standard InChI is InChI=1S/C14H18N2O5S3/c17-23(18)6-3-11(9-23)15-14(22)16(8-13-2-1-5-21-13)12-4-7-24(19,20)10-12/h1-3,5,12H,4,6-10H2,(H,15,22). The fourth-order valence-electron chi connectivity index (χ4n) is 2.84. The average Bonchev–Trinajstić information content (AvgIpc) is 3.17. The largest absolute Gasteiger partial charge is 0.467 e. The number of hydrogen-bond donors (Lipinski definition) is 1. The molecule has 0 amide bonds. The highest BCUT2D eigenvalue weighted by molar-refractivity contribution is 7.92. The highest BCUT2D eigenvalue weighted by atomic mass is 32.2. The smallest absolute Gasteiger partial charge is 0.173 e. The van der Waals surface area contributed by atoms with E-state index in [0.717, 1.165) is 0 Å². The van der Waals surface area contributed by atoms with Gasteiger partial charge >= 0.3 is 0 Å². The topological polar surface area (TPSA) is 96.7 Å². The number of hydrogen-bond acceptors (Lipinski definition) is 6. The maximum absolute atomic E-state index is 11.8. The number of sulfone groups is 2. The Kier molecular flexibility index (Phi) is 4.71. The van der Waals surface area contributed by atoms with Crippen LogP contribution in [0, 0.1) is 0 Å². The van der Waals surface area contributed by atoms with E-state index < -0.39 is 19.7 Å². The van der Waals surface area contributed by atoms with Gasteiger partial charge in [-0.1, -0.05) is 0 Å². The monoisotopic (exact) mass is 390 g/mol. The number of nitrogens with one attached hydrogen (secondary N) is 1. The summed E-state index contributed by atoms with van der Waals surface area (Å²) in [5.41, 5.74) is 0.533. The van der Waals surface area contributed by atoms with Crippen molar-refractivity contribution in [2.75, 3.05) is 23.0 Å². The third-order valence-electron chi connectivity index (χ3n) is 4.04. The molecule has 24 heavy (non-hydrogen) atoms. The zero-order valence-corrected chi connectivity index (χ0v) is 15.3. The van der Waals surface area contributed by atoms with Gasteiger partial charge in [0.25, 0.3) is 0 Å². The Hall–Kier alpha value is -1.39. The summed E-state index contributed by atoms with van der Waals surface area (Å²) in [5.74, 6) is 0.744. The molecular formula is C14H18N2O5S3. The van der Waals surface area contributed by atoms with Crippen molar-refractivity contribution in [1.29, 1.82) is 0 Å². The molecule has 0 saturated carbocycles. The third-order valence-corrected chi connectivity index (χ3v) is 7.56. The van der Waals surface area contributed by atoms with E-state index in [9.17, 15) is 16.8 Å². The van der Waals surface area contributed by atoms with Gasteiger partial charge in [-0.05, 0) is 36.8 Å². The molecule has 1 atom stereocenters. The third kappa shape index (κ3) is 4.17. The predicted molar refractivity (Wildman–Crippen MR) is 93.8 cm³/mol. The van der Waals surface area contributed by atoms with E-state index in [4.69, 9.17) is 16.6 Å². The molecule has 1 N–H and O–H groups in total. The summed E-state index contributed by atoms with van der Waals surface area (Å²) < 4.78 is 52.0. The Morgan fingerprint density at radius 1 is 1.33 bits per heavy atom. The molecule has 0 aromatic carbocycles. The molecule has 1 fully saturated rings. The van der Waals surface area contributed by atoms with Crippen molar-refractivity contribution < 1.29 is 21.3 Å². The van der Waals surface area contributed by atoms with Gasteiger partial charge in [-0.25, -0.2) is 16.8 Å². The zero-order valence-electron chi connectivity index (χ0n) is 12.8. The minimum atomic E-state index is -3.10. The van der Waals surface area contributed by atoms with Crippen LogP contribution in [0.25, 0.3) is 0 Å². The highest BCUT2D eigenvalue weighted by Crippen LogP contribution is 2.21. The van der Waals surface area contributed by atoms with E-state index in [-0.39, 0.29) is 29.1 Å². The average molecular weight is 391 g/mol. The minimum absolute atomic E-state index is 0.00601. The second-order valence-electron chi connectivity index (χ2n) is 5.98. The molecule has 7 nitrogen and oxygen atoms in total. The van der Waals surface area contributed by atoms with Gasteiger partial charge in [-0.3, -0.25) is 0 Å². The first-order chi connectivity index (χ1) is 11.2. The van der Waals surface area contributed by atoms with Crippen LogP contribution < -0.4 is 5.32 Å². The van der Waals surface area contributed by atoms with Crippen LogP contribution >= 0.6 is 12.2 Å². The first-order valence-corrected chi connectivity index (χ1v) is 11.5. The van der Waals surface area contributed by atoms with E-state index in [0.29, 0.717) is 29.5 Å². The predicted octanol–water partition coefficient (Wildman–Crippen LogP) is 0.456. The summed E-state index contributed by atoms with van der Waals surface area (Å²) in [6.07, 6.45) is 3.63. The molecule has 1 aromatic heterocycles. The Morgan fingerprint density at radius 2 is 2.12 bits per heavy atom. The van der Waals surface area contributed by atoms with Gasteiger partial charge in [-0.2, -0.15) is 0 Å². The Balaban J connectivity index is 1.75. The molecule has 0 spiro atoms. The van der Waals surface area contributed by atoms with Gasteiger partial charge in [0.1, 0.15) is 5.76 Å². The Labute approximate surface area is 146 Å². The van der Waals surface area contributed by atoms with Gasteiger partial charge in [0.15, 0.2) is 24.8 Å². The van der Waals surface area contributed by atoms with Crippen LogP contribution in [0.5, 0.6) is 0 Å². The van der Waals surface area contributed by atoms with Gasteiger partial charge in [0, 0.05) is 11.7 Å². The molecule has 2 aliphatic rings. The number of nitrogens with zero attached hydrogens (tertiary/aromatic N) is 1. The summed E-state index contributed by atoms with van der Waals surface area (Å²) in [5, 5.41) is 3.27. The Morgan fingerprint density at radius 3 is 2.67 bits per heavy atom.